The molecular formula is C16H25N3O2. The molecule has 0 fully saturated rings. The first-order chi connectivity index (χ1) is 9.78. The minimum absolute atomic E-state index is 0.168. The number of nitrogens with two attached hydrogens (primary N) is 1. The van der Waals surface area contributed by atoms with E-state index in [1.807, 2.05) is 32.9 Å². The second kappa shape index (κ2) is 7.11. The second-order valence-corrected chi connectivity index (χ2v) is 5.73. The van der Waals surface area contributed by atoms with E-state index in [9.17, 15) is 9.59 Å². The largest absolute Gasteiger partial charge is 0.399 e. The van der Waals surface area contributed by atoms with Crippen LogP contribution < -0.4 is 16.4 Å². The molecule has 0 aliphatic heterocycles. The molecule has 1 atom stereocenters. The Balaban J connectivity index is 2.73. The third kappa shape index (κ3) is 4.48. The van der Waals surface area contributed by atoms with Gasteiger partial charge in [0.05, 0.1) is 5.41 Å². The van der Waals surface area contributed by atoms with Crippen LogP contribution in [0.25, 0.3) is 0 Å². The number of amides is 2. The molecule has 2 amide bonds. The molecular weight excluding hydrogens is 266 g/mol. The summed E-state index contributed by atoms with van der Waals surface area (Å²) in [6.07, 6.45) is 0.864. The molecule has 116 valence electrons. The molecule has 0 aromatic heterocycles. The smallest absolute Gasteiger partial charge is 0.242 e. The average molecular weight is 291 g/mol. The van der Waals surface area contributed by atoms with Crippen LogP contribution in [-0.4, -0.2) is 24.4 Å². The van der Waals surface area contributed by atoms with Gasteiger partial charge < -0.3 is 16.4 Å². The first kappa shape index (κ1) is 17.0. The Hall–Kier alpha value is -2.04. The number of carbonyl (C=O) groups is 2. The summed E-state index contributed by atoms with van der Waals surface area (Å²) in [5.74, 6) is -0.357. The first-order valence-electron chi connectivity index (χ1n) is 7.23. The van der Waals surface area contributed by atoms with Crippen molar-refractivity contribution < 1.29 is 9.59 Å². The molecule has 21 heavy (non-hydrogen) atoms. The lowest BCUT2D eigenvalue weighted by atomic mass is 9.83. The van der Waals surface area contributed by atoms with Crippen molar-refractivity contribution in [2.75, 3.05) is 12.3 Å². The summed E-state index contributed by atoms with van der Waals surface area (Å²) in [7, 11) is 0. The van der Waals surface area contributed by atoms with E-state index in [4.69, 9.17) is 5.73 Å². The number of nitrogens with one attached hydrogen (secondary N) is 2. The van der Waals surface area contributed by atoms with Gasteiger partial charge in [-0.1, -0.05) is 19.1 Å². The van der Waals surface area contributed by atoms with Gasteiger partial charge in [0.15, 0.2) is 0 Å². The summed E-state index contributed by atoms with van der Waals surface area (Å²) in [6.45, 7) is 7.92. The highest BCUT2D eigenvalue weighted by Gasteiger charge is 2.31. The van der Waals surface area contributed by atoms with Gasteiger partial charge in [0, 0.05) is 12.2 Å². The fourth-order valence-corrected chi connectivity index (χ4v) is 1.87. The van der Waals surface area contributed by atoms with Gasteiger partial charge in [-0.2, -0.15) is 0 Å². The Labute approximate surface area is 126 Å². The van der Waals surface area contributed by atoms with Gasteiger partial charge in [-0.15, -0.1) is 0 Å². The second-order valence-electron chi connectivity index (χ2n) is 5.73. The highest BCUT2D eigenvalue weighted by molar-refractivity contribution is 5.92. The zero-order valence-corrected chi connectivity index (χ0v) is 13.2. The van der Waals surface area contributed by atoms with Gasteiger partial charge in [-0.25, -0.2) is 0 Å². The van der Waals surface area contributed by atoms with Crippen molar-refractivity contribution in [3.8, 4) is 0 Å². The summed E-state index contributed by atoms with van der Waals surface area (Å²) < 4.78 is 0. The van der Waals surface area contributed by atoms with Crippen LogP contribution in [0.2, 0.25) is 0 Å². The lowest BCUT2D eigenvalue weighted by Crippen LogP contribution is -2.50. The SMILES string of the molecule is CCCNC(=O)C(C)NC(=O)C(C)(C)c1ccc(N)cc1. The highest BCUT2D eigenvalue weighted by atomic mass is 16.2. The standard InChI is InChI=1S/C16H25N3O2/c1-5-10-18-14(20)11(2)19-15(21)16(3,4)12-6-8-13(17)9-7-12/h6-9,11H,5,10,17H2,1-4H3,(H,18,20)(H,19,21). The van der Waals surface area contributed by atoms with Crippen LogP contribution in [-0.2, 0) is 15.0 Å². The number of hydrogen-bond donors (Lipinski definition) is 3. The summed E-state index contributed by atoms with van der Waals surface area (Å²) in [5.41, 5.74) is 6.44. The predicted octanol–water partition coefficient (Wildman–Crippen LogP) is 1.58. The molecule has 1 unspecified atom stereocenters. The van der Waals surface area contributed by atoms with Gasteiger partial charge >= 0.3 is 0 Å². The Kier molecular flexibility index (Phi) is 5.76. The number of anilines is 1. The Morgan fingerprint density at radius 3 is 2.33 bits per heavy atom. The number of rotatable bonds is 6. The maximum Gasteiger partial charge on any atom is 0.242 e. The molecule has 0 radical (unpaired) electrons. The van der Waals surface area contributed by atoms with Gasteiger partial charge in [0.1, 0.15) is 6.04 Å². The molecule has 1 aromatic carbocycles. The molecule has 1 rings (SSSR count). The Morgan fingerprint density at radius 2 is 1.81 bits per heavy atom. The number of nitrogen functional groups attached to an aromatic ring is 1. The van der Waals surface area contributed by atoms with Crippen molar-refractivity contribution in [2.45, 2.75) is 45.6 Å². The molecule has 0 bridgehead atoms. The first-order valence-corrected chi connectivity index (χ1v) is 7.23. The van der Waals surface area contributed by atoms with Crippen LogP contribution in [0.15, 0.2) is 24.3 Å². The van der Waals surface area contributed by atoms with Gasteiger partial charge in [0.2, 0.25) is 11.8 Å². The summed E-state index contributed by atoms with van der Waals surface area (Å²) in [4.78, 5) is 24.2. The highest BCUT2D eigenvalue weighted by Crippen LogP contribution is 2.24. The monoisotopic (exact) mass is 291 g/mol. The summed E-state index contributed by atoms with van der Waals surface area (Å²) >= 11 is 0. The van der Waals surface area contributed by atoms with Gasteiger partial charge in [0.25, 0.3) is 0 Å². The van der Waals surface area contributed by atoms with Gasteiger partial charge in [-0.05, 0) is 44.9 Å². The fourth-order valence-electron chi connectivity index (χ4n) is 1.87. The lowest BCUT2D eigenvalue weighted by molar-refractivity contribution is -0.131. The number of benzene rings is 1. The van der Waals surface area contributed by atoms with Crippen molar-refractivity contribution in [1.29, 1.82) is 0 Å². The topological polar surface area (TPSA) is 84.2 Å². The van der Waals surface area contributed by atoms with Crippen molar-refractivity contribution >= 4 is 17.5 Å². The van der Waals surface area contributed by atoms with E-state index in [0.29, 0.717) is 12.2 Å². The Bertz CT molecular complexity index is 495. The molecule has 0 heterocycles. The van der Waals surface area contributed by atoms with Crippen LogP contribution >= 0.6 is 0 Å². The van der Waals surface area contributed by atoms with E-state index in [-0.39, 0.29) is 11.8 Å². The molecule has 5 nitrogen and oxygen atoms in total. The molecule has 0 saturated heterocycles. The van der Waals surface area contributed by atoms with Crippen LogP contribution in [0.3, 0.4) is 0 Å². The zero-order valence-electron chi connectivity index (χ0n) is 13.2. The summed E-state index contributed by atoms with van der Waals surface area (Å²) in [5, 5.41) is 5.53. The van der Waals surface area contributed by atoms with E-state index in [1.54, 1.807) is 19.1 Å². The van der Waals surface area contributed by atoms with E-state index in [2.05, 4.69) is 10.6 Å². The molecule has 0 spiro atoms. The van der Waals surface area contributed by atoms with E-state index in [1.165, 1.54) is 0 Å². The van der Waals surface area contributed by atoms with Crippen LogP contribution in [0.4, 0.5) is 5.69 Å². The molecule has 0 aliphatic carbocycles. The van der Waals surface area contributed by atoms with Crippen molar-refractivity contribution in [3.05, 3.63) is 29.8 Å². The minimum Gasteiger partial charge on any atom is -0.399 e. The quantitative estimate of drug-likeness (QED) is 0.696. The summed E-state index contributed by atoms with van der Waals surface area (Å²) in [6, 6.07) is 6.63. The molecule has 0 aliphatic rings. The van der Waals surface area contributed by atoms with Gasteiger partial charge in [-0.3, -0.25) is 9.59 Å². The van der Waals surface area contributed by atoms with Crippen molar-refractivity contribution in [1.82, 2.24) is 10.6 Å². The van der Waals surface area contributed by atoms with Crippen LogP contribution in [0.5, 0.6) is 0 Å². The maximum atomic E-state index is 12.4. The zero-order chi connectivity index (χ0) is 16.0. The molecule has 5 heteroatoms. The minimum atomic E-state index is -0.729. The fraction of sp³-hybridized carbons (Fsp3) is 0.500. The van der Waals surface area contributed by atoms with Crippen LogP contribution in [0.1, 0.15) is 39.7 Å². The van der Waals surface area contributed by atoms with E-state index < -0.39 is 11.5 Å². The number of carbonyl (C=O) groups excluding carboxylic acids is 2. The Morgan fingerprint density at radius 1 is 1.24 bits per heavy atom. The maximum absolute atomic E-state index is 12.4. The van der Waals surface area contributed by atoms with E-state index in [0.717, 1.165) is 12.0 Å². The van der Waals surface area contributed by atoms with Crippen molar-refractivity contribution in [2.24, 2.45) is 0 Å². The normalized spacial score (nSPS) is 12.6. The average Bonchev–Trinajstić information content (AvgIpc) is 2.44. The third-order valence-corrected chi connectivity index (χ3v) is 3.49. The van der Waals surface area contributed by atoms with Crippen molar-refractivity contribution in [3.63, 3.8) is 0 Å². The third-order valence-electron chi connectivity index (χ3n) is 3.49. The van der Waals surface area contributed by atoms with E-state index >= 15 is 0 Å². The lowest BCUT2D eigenvalue weighted by Gasteiger charge is -2.26. The predicted molar refractivity (Wildman–Crippen MR) is 84.8 cm³/mol. The van der Waals surface area contributed by atoms with Crippen LogP contribution in [0, 0.1) is 0 Å². The molecule has 4 N–H and O–H groups in total. The number of hydrogen-bond acceptors (Lipinski definition) is 3. The molecule has 0 saturated carbocycles. The molecule has 1 aromatic rings.